The Bertz CT molecular complexity index is 395. The maximum absolute atomic E-state index is 9.71. The molecule has 4 nitrogen and oxygen atoms in total. The maximum Gasteiger partial charge on any atom is 0.160 e. The molecule has 1 aromatic carbocycles. The van der Waals surface area contributed by atoms with Crippen molar-refractivity contribution in [2.45, 2.75) is 32.0 Å². The third-order valence-corrected chi connectivity index (χ3v) is 3.57. The van der Waals surface area contributed by atoms with Gasteiger partial charge in [0.25, 0.3) is 0 Å². The lowest BCUT2D eigenvalue weighted by Gasteiger charge is -2.23. The minimum absolute atomic E-state index is 0.196. The lowest BCUT2D eigenvalue weighted by atomic mass is 10.1. The molecule has 4 heteroatoms. The molecular weight excluding hydrogens is 216 g/mol. The van der Waals surface area contributed by atoms with Crippen molar-refractivity contribution in [3.63, 3.8) is 0 Å². The SMILES string of the molecule is COc1ccc(CN2CCC(N)C2C)cc1O. The van der Waals surface area contributed by atoms with Gasteiger partial charge in [-0.15, -0.1) is 0 Å². The van der Waals surface area contributed by atoms with Crippen molar-refractivity contribution < 1.29 is 9.84 Å². The molecular formula is C13H20N2O2. The summed E-state index contributed by atoms with van der Waals surface area (Å²) in [6.45, 7) is 4.00. The maximum atomic E-state index is 9.71. The van der Waals surface area contributed by atoms with Crippen LogP contribution in [0.4, 0.5) is 0 Å². The standard InChI is InChI=1S/C13H20N2O2/c1-9-11(14)5-6-15(9)8-10-3-4-13(17-2)12(16)7-10/h3-4,7,9,11,16H,5-6,8,14H2,1-2H3. The molecule has 0 bridgehead atoms. The molecule has 1 aliphatic rings. The molecule has 1 saturated heterocycles. The van der Waals surface area contributed by atoms with Gasteiger partial charge in [-0.2, -0.15) is 0 Å². The molecule has 2 unspecified atom stereocenters. The van der Waals surface area contributed by atoms with Gasteiger partial charge >= 0.3 is 0 Å². The van der Waals surface area contributed by atoms with E-state index in [9.17, 15) is 5.11 Å². The molecule has 0 radical (unpaired) electrons. The van der Waals surface area contributed by atoms with Crippen LogP contribution < -0.4 is 10.5 Å². The van der Waals surface area contributed by atoms with Crippen molar-refractivity contribution >= 4 is 0 Å². The molecule has 3 N–H and O–H groups in total. The van der Waals surface area contributed by atoms with Crippen LogP contribution in [0.15, 0.2) is 18.2 Å². The Kier molecular flexibility index (Phi) is 3.54. The monoisotopic (exact) mass is 236 g/mol. The van der Waals surface area contributed by atoms with Gasteiger partial charge in [0.1, 0.15) is 0 Å². The Hall–Kier alpha value is -1.26. The number of phenols is 1. The largest absolute Gasteiger partial charge is 0.504 e. The second-order valence-electron chi connectivity index (χ2n) is 4.67. The van der Waals surface area contributed by atoms with Crippen LogP contribution in [0.5, 0.6) is 11.5 Å². The van der Waals surface area contributed by atoms with Crippen molar-refractivity contribution in [1.29, 1.82) is 0 Å². The van der Waals surface area contributed by atoms with E-state index in [1.807, 2.05) is 6.07 Å². The third-order valence-electron chi connectivity index (χ3n) is 3.57. The van der Waals surface area contributed by atoms with Crippen LogP contribution in [0, 0.1) is 0 Å². The Morgan fingerprint density at radius 1 is 1.53 bits per heavy atom. The summed E-state index contributed by atoms with van der Waals surface area (Å²) in [5.41, 5.74) is 7.07. The first kappa shape index (κ1) is 12.2. The van der Waals surface area contributed by atoms with Crippen molar-refractivity contribution in [2.24, 2.45) is 5.73 Å². The Morgan fingerprint density at radius 2 is 2.29 bits per heavy atom. The number of nitrogens with two attached hydrogens (primary N) is 1. The molecule has 0 spiro atoms. The van der Waals surface area contributed by atoms with Crippen molar-refractivity contribution in [3.05, 3.63) is 23.8 Å². The zero-order valence-electron chi connectivity index (χ0n) is 10.4. The Labute approximate surface area is 102 Å². The number of ether oxygens (including phenoxy) is 1. The van der Waals surface area contributed by atoms with E-state index in [1.54, 1.807) is 19.2 Å². The fraction of sp³-hybridized carbons (Fsp3) is 0.538. The highest BCUT2D eigenvalue weighted by molar-refractivity contribution is 5.41. The van der Waals surface area contributed by atoms with Gasteiger partial charge in [0.05, 0.1) is 7.11 Å². The van der Waals surface area contributed by atoms with E-state index < -0.39 is 0 Å². The van der Waals surface area contributed by atoms with Crippen molar-refractivity contribution in [2.75, 3.05) is 13.7 Å². The fourth-order valence-corrected chi connectivity index (χ4v) is 2.32. The molecule has 2 atom stereocenters. The summed E-state index contributed by atoms with van der Waals surface area (Å²) in [5, 5.41) is 9.71. The molecule has 0 aromatic heterocycles. The zero-order valence-corrected chi connectivity index (χ0v) is 10.4. The van der Waals surface area contributed by atoms with Crippen LogP contribution in [-0.4, -0.2) is 35.7 Å². The van der Waals surface area contributed by atoms with Gasteiger partial charge < -0.3 is 15.6 Å². The van der Waals surface area contributed by atoms with Crippen LogP contribution in [0.3, 0.4) is 0 Å². The van der Waals surface area contributed by atoms with Crippen LogP contribution in [-0.2, 0) is 6.54 Å². The van der Waals surface area contributed by atoms with Gasteiger partial charge in [-0.05, 0) is 31.0 Å². The Balaban J connectivity index is 2.06. The van der Waals surface area contributed by atoms with Gasteiger partial charge in [0.15, 0.2) is 11.5 Å². The van der Waals surface area contributed by atoms with Crippen LogP contribution in [0.1, 0.15) is 18.9 Å². The lowest BCUT2D eigenvalue weighted by molar-refractivity contribution is 0.251. The summed E-state index contributed by atoms with van der Waals surface area (Å²) in [6, 6.07) is 6.21. The highest BCUT2D eigenvalue weighted by atomic mass is 16.5. The van der Waals surface area contributed by atoms with E-state index in [1.165, 1.54) is 0 Å². The van der Waals surface area contributed by atoms with Crippen LogP contribution >= 0.6 is 0 Å². The molecule has 1 fully saturated rings. The van der Waals surface area contributed by atoms with Crippen molar-refractivity contribution in [3.8, 4) is 11.5 Å². The second kappa shape index (κ2) is 4.94. The number of hydrogen-bond acceptors (Lipinski definition) is 4. The number of methoxy groups -OCH3 is 1. The highest BCUT2D eigenvalue weighted by Gasteiger charge is 2.27. The molecule has 0 amide bonds. The molecule has 0 aliphatic carbocycles. The summed E-state index contributed by atoms with van der Waals surface area (Å²) in [5.74, 6) is 0.709. The first-order valence-electron chi connectivity index (χ1n) is 5.97. The van der Waals surface area contributed by atoms with Gasteiger partial charge in [-0.3, -0.25) is 4.90 Å². The number of rotatable bonds is 3. The smallest absolute Gasteiger partial charge is 0.160 e. The van der Waals surface area contributed by atoms with Gasteiger partial charge in [0, 0.05) is 25.2 Å². The minimum Gasteiger partial charge on any atom is -0.504 e. The average molecular weight is 236 g/mol. The van der Waals surface area contributed by atoms with Crippen LogP contribution in [0.2, 0.25) is 0 Å². The average Bonchev–Trinajstić information content (AvgIpc) is 2.61. The quantitative estimate of drug-likeness (QED) is 0.831. The topological polar surface area (TPSA) is 58.7 Å². The summed E-state index contributed by atoms with van der Waals surface area (Å²) in [4.78, 5) is 2.34. The number of likely N-dealkylation sites (tertiary alicyclic amines) is 1. The van der Waals surface area contributed by atoms with E-state index in [-0.39, 0.29) is 11.8 Å². The number of benzene rings is 1. The summed E-state index contributed by atoms with van der Waals surface area (Å²) in [7, 11) is 1.55. The normalized spacial score (nSPS) is 25.1. The van der Waals surface area contributed by atoms with Gasteiger partial charge in [-0.25, -0.2) is 0 Å². The molecule has 17 heavy (non-hydrogen) atoms. The molecule has 94 valence electrons. The van der Waals surface area contributed by atoms with Gasteiger partial charge in [0.2, 0.25) is 0 Å². The minimum atomic E-state index is 0.196. The molecule has 2 rings (SSSR count). The van der Waals surface area contributed by atoms with E-state index in [2.05, 4.69) is 11.8 Å². The number of aromatic hydroxyl groups is 1. The van der Waals surface area contributed by atoms with E-state index in [0.29, 0.717) is 11.8 Å². The Morgan fingerprint density at radius 3 is 2.82 bits per heavy atom. The number of phenolic OH excluding ortho intramolecular Hbond substituents is 1. The predicted octanol–water partition coefficient (Wildman–Crippen LogP) is 1.32. The number of hydrogen-bond donors (Lipinski definition) is 2. The third kappa shape index (κ3) is 2.53. The zero-order chi connectivity index (χ0) is 12.4. The van der Waals surface area contributed by atoms with Crippen molar-refractivity contribution in [1.82, 2.24) is 4.90 Å². The summed E-state index contributed by atoms with van der Waals surface area (Å²) < 4.78 is 5.02. The molecule has 0 saturated carbocycles. The van der Waals surface area contributed by atoms with Gasteiger partial charge in [-0.1, -0.05) is 6.07 Å². The fourth-order valence-electron chi connectivity index (χ4n) is 2.32. The predicted molar refractivity (Wildman–Crippen MR) is 67.1 cm³/mol. The van der Waals surface area contributed by atoms with E-state index in [4.69, 9.17) is 10.5 Å². The second-order valence-corrected chi connectivity index (χ2v) is 4.67. The molecule has 1 aromatic rings. The number of nitrogens with zero attached hydrogens (tertiary/aromatic N) is 1. The first-order valence-corrected chi connectivity index (χ1v) is 5.97. The van der Waals surface area contributed by atoms with E-state index in [0.717, 1.165) is 25.1 Å². The summed E-state index contributed by atoms with van der Waals surface area (Å²) >= 11 is 0. The summed E-state index contributed by atoms with van der Waals surface area (Å²) in [6.07, 6.45) is 1.04. The lowest BCUT2D eigenvalue weighted by Crippen LogP contribution is -2.36. The van der Waals surface area contributed by atoms with Crippen LogP contribution in [0.25, 0.3) is 0 Å². The van der Waals surface area contributed by atoms with E-state index >= 15 is 0 Å². The highest BCUT2D eigenvalue weighted by Crippen LogP contribution is 2.28. The molecule has 1 aliphatic heterocycles. The first-order chi connectivity index (χ1) is 8.11. The molecule has 1 heterocycles.